The Balaban J connectivity index is 1.57. The van der Waals surface area contributed by atoms with E-state index in [0.29, 0.717) is 17.9 Å². The van der Waals surface area contributed by atoms with Crippen LogP contribution in [0.1, 0.15) is 58.6 Å². The van der Waals surface area contributed by atoms with E-state index < -0.39 is 0 Å². The van der Waals surface area contributed by atoms with Crippen LogP contribution in [0.5, 0.6) is 0 Å². The monoisotopic (exact) mass is 363 g/mol. The third-order valence-corrected chi connectivity index (χ3v) is 5.44. The largest absolute Gasteiger partial charge is 0.337 e. The molecule has 1 fully saturated rings. The number of aryl methyl sites for hydroxylation is 1. The maximum Gasteiger partial charge on any atom is 0.276 e. The molecule has 1 aromatic carbocycles. The van der Waals surface area contributed by atoms with Crippen LogP contribution in [0.4, 0.5) is 5.69 Å². The number of nitrogens with zero attached hydrogens (tertiary/aromatic N) is 3. The molecule has 2 aliphatic heterocycles. The fourth-order valence-corrected chi connectivity index (χ4v) is 3.99. The minimum atomic E-state index is -0.132. The van der Waals surface area contributed by atoms with Crippen LogP contribution in [0.2, 0.25) is 0 Å². The van der Waals surface area contributed by atoms with Gasteiger partial charge in [-0.25, -0.2) is 4.98 Å². The first-order valence-corrected chi connectivity index (χ1v) is 9.90. The van der Waals surface area contributed by atoms with Crippen molar-refractivity contribution < 1.29 is 9.59 Å². The topological polar surface area (TPSA) is 53.5 Å². The van der Waals surface area contributed by atoms with Crippen molar-refractivity contribution in [3.63, 3.8) is 0 Å². The first-order valence-electron chi connectivity index (χ1n) is 9.90. The van der Waals surface area contributed by atoms with E-state index in [9.17, 15) is 9.59 Å². The zero-order chi connectivity index (χ0) is 18.6. The van der Waals surface area contributed by atoms with Gasteiger partial charge in [-0.2, -0.15) is 0 Å². The normalized spacial score (nSPS) is 17.2. The van der Waals surface area contributed by atoms with E-state index in [0.717, 1.165) is 44.5 Å². The lowest BCUT2D eigenvalue weighted by molar-refractivity contribution is 0.0755. The number of benzene rings is 1. The molecular formula is C22H25N3O2. The molecule has 1 saturated heterocycles. The van der Waals surface area contributed by atoms with Gasteiger partial charge in [-0.05, 0) is 49.4 Å². The highest BCUT2D eigenvalue weighted by atomic mass is 16.2. The quantitative estimate of drug-likeness (QED) is 0.818. The van der Waals surface area contributed by atoms with Gasteiger partial charge in [0.1, 0.15) is 11.4 Å². The fourth-order valence-electron chi connectivity index (χ4n) is 3.99. The predicted molar refractivity (Wildman–Crippen MR) is 105 cm³/mol. The van der Waals surface area contributed by atoms with Gasteiger partial charge < -0.3 is 9.80 Å². The summed E-state index contributed by atoms with van der Waals surface area (Å²) in [4.78, 5) is 34.1. The highest BCUT2D eigenvalue weighted by Crippen LogP contribution is 2.27. The Morgan fingerprint density at radius 1 is 0.741 bits per heavy atom. The van der Waals surface area contributed by atoms with Gasteiger partial charge in [-0.15, -0.1) is 0 Å². The summed E-state index contributed by atoms with van der Waals surface area (Å²) in [5, 5.41) is 0. The Hall–Kier alpha value is -2.69. The van der Waals surface area contributed by atoms with E-state index >= 15 is 0 Å². The van der Waals surface area contributed by atoms with Gasteiger partial charge in [0.05, 0.1) is 0 Å². The van der Waals surface area contributed by atoms with Crippen molar-refractivity contribution in [1.29, 1.82) is 0 Å². The molecule has 2 aliphatic rings. The van der Waals surface area contributed by atoms with Gasteiger partial charge in [0.2, 0.25) is 0 Å². The number of fused-ring (bicyclic) bond motifs is 1. The Morgan fingerprint density at radius 3 is 2.22 bits per heavy atom. The number of carbonyl (C=O) groups excluding carboxylic acids is 2. The third-order valence-electron chi connectivity index (χ3n) is 5.44. The van der Waals surface area contributed by atoms with E-state index in [1.807, 2.05) is 23.1 Å². The maximum absolute atomic E-state index is 13.1. The van der Waals surface area contributed by atoms with Crippen molar-refractivity contribution in [3.8, 4) is 0 Å². The summed E-state index contributed by atoms with van der Waals surface area (Å²) in [6.07, 6.45) is 6.34. The fraction of sp³-hybridized carbons (Fsp3) is 0.409. The van der Waals surface area contributed by atoms with Crippen molar-refractivity contribution in [1.82, 2.24) is 9.88 Å². The molecular weight excluding hydrogens is 338 g/mol. The number of likely N-dealkylation sites (tertiary alicyclic amines) is 1. The van der Waals surface area contributed by atoms with Crippen molar-refractivity contribution in [2.24, 2.45) is 0 Å². The Kier molecular flexibility index (Phi) is 5.19. The second kappa shape index (κ2) is 7.91. The average Bonchev–Trinajstić information content (AvgIpc) is 3.02. The molecule has 0 N–H and O–H groups in total. The summed E-state index contributed by atoms with van der Waals surface area (Å²) in [5.41, 5.74) is 2.86. The first kappa shape index (κ1) is 17.7. The molecule has 0 bridgehead atoms. The molecule has 3 heterocycles. The molecule has 4 rings (SSSR count). The molecule has 0 spiro atoms. The number of anilines is 1. The summed E-state index contributed by atoms with van der Waals surface area (Å²) in [7, 11) is 0. The number of aromatic nitrogens is 1. The predicted octanol–water partition coefficient (Wildman–Crippen LogP) is 3.69. The zero-order valence-corrected chi connectivity index (χ0v) is 15.6. The van der Waals surface area contributed by atoms with Crippen LogP contribution in [0.3, 0.4) is 0 Å². The van der Waals surface area contributed by atoms with E-state index in [2.05, 4.69) is 11.1 Å². The second-order valence-corrected chi connectivity index (χ2v) is 7.30. The minimum absolute atomic E-state index is 0.0643. The van der Waals surface area contributed by atoms with Crippen LogP contribution < -0.4 is 4.90 Å². The summed E-state index contributed by atoms with van der Waals surface area (Å²) < 4.78 is 0. The van der Waals surface area contributed by atoms with Crippen molar-refractivity contribution >= 4 is 17.5 Å². The lowest BCUT2D eigenvalue weighted by Crippen LogP contribution is -2.37. The average molecular weight is 363 g/mol. The molecule has 0 aliphatic carbocycles. The number of pyridine rings is 1. The van der Waals surface area contributed by atoms with Gasteiger partial charge in [-0.1, -0.05) is 37.1 Å². The van der Waals surface area contributed by atoms with Gasteiger partial charge >= 0.3 is 0 Å². The maximum atomic E-state index is 13.1. The van der Waals surface area contributed by atoms with Crippen molar-refractivity contribution in [2.75, 3.05) is 24.5 Å². The molecule has 1 aromatic heterocycles. The lowest BCUT2D eigenvalue weighted by Gasteiger charge is -2.29. The van der Waals surface area contributed by atoms with Crippen LogP contribution >= 0.6 is 0 Å². The molecule has 5 heteroatoms. The van der Waals surface area contributed by atoms with Gasteiger partial charge in [0.15, 0.2) is 0 Å². The van der Waals surface area contributed by atoms with E-state index in [1.54, 1.807) is 23.1 Å². The minimum Gasteiger partial charge on any atom is -0.337 e. The number of rotatable bonds is 2. The number of hydrogen-bond donors (Lipinski definition) is 0. The Bertz CT molecular complexity index is 841. The Morgan fingerprint density at radius 2 is 1.44 bits per heavy atom. The number of hydrogen-bond acceptors (Lipinski definition) is 3. The smallest absolute Gasteiger partial charge is 0.276 e. The number of para-hydroxylation sites is 1. The van der Waals surface area contributed by atoms with Crippen LogP contribution in [-0.4, -0.2) is 41.3 Å². The summed E-state index contributed by atoms with van der Waals surface area (Å²) in [5.74, 6) is -0.196. The molecule has 2 aromatic rings. The Labute approximate surface area is 160 Å². The molecule has 140 valence electrons. The highest BCUT2D eigenvalue weighted by molar-refractivity contribution is 6.06. The van der Waals surface area contributed by atoms with Crippen LogP contribution in [0.25, 0.3) is 0 Å². The second-order valence-electron chi connectivity index (χ2n) is 7.30. The van der Waals surface area contributed by atoms with Gasteiger partial charge in [0.25, 0.3) is 11.8 Å². The van der Waals surface area contributed by atoms with Crippen molar-refractivity contribution in [3.05, 3.63) is 59.4 Å². The van der Waals surface area contributed by atoms with E-state index in [4.69, 9.17) is 0 Å². The molecule has 27 heavy (non-hydrogen) atoms. The summed E-state index contributed by atoms with van der Waals surface area (Å²) in [6, 6.07) is 13.2. The summed E-state index contributed by atoms with van der Waals surface area (Å²) >= 11 is 0. The SMILES string of the molecule is O=C(c1cccc(C(=O)N2CCCc3ccccc32)n1)N1CCCCCC1. The molecule has 0 atom stereocenters. The highest BCUT2D eigenvalue weighted by Gasteiger charge is 2.25. The third kappa shape index (κ3) is 3.72. The first-order chi connectivity index (χ1) is 13.2. The van der Waals surface area contributed by atoms with Crippen LogP contribution in [0, 0.1) is 0 Å². The van der Waals surface area contributed by atoms with Crippen LogP contribution in [-0.2, 0) is 6.42 Å². The van der Waals surface area contributed by atoms with Crippen molar-refractivity contribution in [2.45, 2.75) is 38.5 Å². The summed E-state index contributed by atoms with van der Waals surface area (Å²) in [6.45, 7) is 2.23. The lowest BCUT2D eigenvalue weighted by atomic mass is 10.0. The number of carbonyl (C=O) groups is 2. The molecule has 2 amide bonds. The molecule has 5 nitrogen and oxygen atoms in total. The number of amides is 2. The zero-order valence-electron chi connectivity index (χ0n) is 15.6. The van der Waals surface area contributed by atoms with Crippen LogP contribution in [0.15, 0.2) is 42.5 Å². The standard InChI is InChI=1S/C22H25N3O2/c26-21(24-14-5-1-2-6-15-24)18-11-7-12-19(23-18)22(27)25-16-8-10-17-9-3-4-13-20(17)25/h3-4,7,9,11-13H,1-2,5-6,8,10,14-16H2. The molecule has 0 unspecified atom stereocenters. The van der Waals surface area contributed by atoms with Gasteiger partial charge in [-0.3, -0.25) is 9.59 Å². The van der Waals surface area contributed by atoms with Gasteiger partial charge in [0, 0.05) is 25.3 Å². The van der Waals surface area contributed by atoms with E-state index in [-0.39, 0.29) is 11.8 Å². The molecule has 0 radical (unpaired) electrons. The van der Waals surface area contributed by atoms with E-state index in [1.165, 1.54) is 18.4 Å². The molecule has 0 saturated carbocycles.